The Kier molecular flexibility index (Phi) is 9.28. The molecule has 5 nitrogen and oxygen atoms in total. The quantitative estimate of drug-likeness (QED) is 0.355. The van der Waals surface area contributed by atoms with E-state index < -0.39 is 0 Å². The van der Waals surface area contributed by atoms with Crippen LogP contribution in [0.4, 0.5) is 5.69 Å². The van der Waals surface area contributed by atoms with Gasteiger partial charge in [0.2, 0.25) is 0 Å². The van der Waals surface area contributed by atoms with Crippen molar-refractivity contribution in [2.24, 2.45) is 5.10 Å². The van der Waals surface area contributed by atoms with Gasteiger partial charge >= 0.3 is 0 Å². The number of hydrogen-bond acceptors (Lipinski definition) is 4. The maximum atomic E-state index is 5.58. The van der Waals surface area contributed by atoms with E-state index in [0.717, 1.165) is 43.0 Å². The molecule has 0 amide bonds. The Hall–Kier alpha value is -2.60. The average Bonchev–Trinajstić information content (AvgIpc) is 2.73. The van der Waals surface area contributed by atoms with Crippen molar-refractivity contribution in [3.8, 4) is 5.75 Å². The summed E-state index contributed by atoms with van der Waals surface area (Å²) in [6.45, 7) is 9.78. The van der Waals surface area contributed by atoms with Crippen LogP contribution in [0.3, 0.4) is 0 Å². The molecular weight excluding hydrogens is 368 g/mol. The van der Waals surface area contributed by atoms with Crippen LogP contribution in [0.1, 0.15) is 38.3 Å². The van der Waals surface area contributed by atoms with Gasteiger partial charge < -0.3 is 15.0 Å². The minimum atomic E-state index is 0.488. The number of thiocarbonyl (C=S) groups is 1. The Morgan fingerprint density at radius 1 is 1.04 bits per heavy atom. The summed E-state index contributed by atoms with van der Waals surface area (Å²) in [5.41, 5.74) is 6.23. The first-order valence-corrected chi connectivity index (χ1v) is 10.2. The van der Waals surface area contributed by atoms with E-state index in [1.807, 2.05) is 24.3 Å². The zero-order valence-corrected chi connectivity index (χ0v) is 17.8. The lowest BCUT2D eigenvalue weighted by atomic mass is 10.2. The average molecular weight is 399 g/mol. The predicted octanol–water partition coefficient (Wildman–Crippen LogP) is 4.32. The van der Waals surface area contributed by atoms with Crippen LogP contribution in [-0.2, 0) is 6.54 Å². The number of anilines is 1. The van der Waals surface area contributed by atoms with Gasteiger partial charge in [-0.05, 0) is 67.9 Å². The fourth-order valence-electron chi connectivity index (χ4n) is 2.67. The molecule has 0 aliphatic heterocycles. The van der Waals surface area contributed by atoms with Crippen molar-refractivity contribution in [2.45, 2.75) is 33.7 Å². The highest BCUT2D eigenvalue weighted by molar-refractivity contribution is 7.80. The van der Waals surface area contributed by atoms with Crippen molar-refractivity contribution in [1.82, 2.24) is 10.7 Å². The van der Waals surface area contributed by atoms with E-state index in [9.17, 15) is 0 Å². The molecule has 150 valence electrons. The molecule has 6 heteroatoms. The fraction of sp³-hybridized carbons (Fsp3) is 0.364. The molecule has 0 spiro atoms. The standard InChI is InChI=1S/C22H30N4OS/c1-4-15-27-21-13-9-18(10-14-21)16-23-22(28)25-24-17-19-7-11-20(12-8-19)26(5-2)6-3/h7-14,17H,4-6,15-16H2,1-3H3,(H2,23,25,28)/b24-17+. The molecule has 0 unspecified atom stereocenters. The van der Waals surface area contributed by atoms with Gasteiger partial charge in [-0.3, -0.25) is 5.43 Å². The Balaban J connectivity index is 1.75. The van der Waals surface area contributed by atoms with Crippen LogP contribution >= 0.6 is 12.2 Å². The van der Waals surface area contributed by atoms with Crippen molar-refractivity contribution in [3.05, 3.63) is 59.7 Å². The molecule has 0 aliphatic carbocycles. The molecule has 0 aromatic heterocycles. The Labute approximate surface area is 173 Å². The number of benzene rings is 2. The van der Waals surface area contributed by atoms with Crippen LogP contribution in [0.5, 0.6) is 5.75 Å². The van der Waals surface area contributed by atoms with Gasteiger partial charge in [-0.15, -0.1) is 0 Å². The number of rotatable bonds is 10. The van der Waals surface area contributed by atoms with E-state index in [1.165, 1.54) is 5.69 Å². The molecule has 0 bridgehead atoms. The molecule has 2 aromatic rings. The van der Waals surface area contributed by atoms with E-state index in [1.54, 1.807) is 6.21 Å². The zero-order chi connectivity index (χ0) is 20.2. The summed E-state index contributed by atoms with van der Waals surface area (Å²) in [5.74, 6) is 0.892. The molecule has 28 heavy (non-hydrogen) atoms. The second kappa shape index (κ2) is 12.0. The van der Waals surface area contributed by atoms with E-state index in [0.29, 0.717) is 11.7 Å². The van der Waals surface area contributed by atoms with Crippen LogP contribution in [0.2, 0.25) is 0 Å². The van der Waals surface area contributed by atoms with Crippen molar-refractivity contribution >= 4 is 29.2 Å². The lowest BCUT2D eigenvalue weighted by molar-refractivity contribution is 0.317. The fourth-order valence-corrected chi connectivity index (χ4v) is 2.80. The summed E-state index contributed by atoms with van der Waals surface area (Å²) in [5, 5.41) is 7.84. The molecule has 0 radical (unpaired) electrons. The molecule has 2 rings (SSSR count). The lowest BCUT2D eigenvalue weighted by Crippen LogP contribution is -2.31. The summed E-state index contributed by atoms with van der Waals surface area (Å²) in [6.07, 6.45) is 2.77. The smallest absolute Gasteiger partial charge is 0.187 e. The highest BCUT2D eigenvalue weighted by Crippen LogP contribution is 2.14. The third kappa shape index (κ3) is 7.19. The van der Waals surface area contributed by atoms with Gasteiger partial charge in [-0.1, -0.05) is 31.2 Å². The predicted molar refractivity (Wildman–Crippen MR) is 122 cm³/mol. The highest BCUT2D eigenvalue weighted by Gasteiger charge is 2.01. The zero-order valence-electron chi connectivity index (χ0n) is 16.9. The van der Waals surface area contributed by atoms with Gasteiger partial charge in [0.15, 0.2) is 5.11 Å². The largest absolute Gasteiger partial charge is 0.494 e. The topological polar surface area (TPSA) is 48.9 Å². The highest BCUT2D eigenvalue weighted by atomic mass is 32.1. The van der Waals surface area contributed by atoms with Gasteiger partial charge in [-0.2, -0.15) is 5.10 Å². The van der Waals surface area contributed by atoms with Crippen molar-refractivity contribution in [3.63, 3.8) is 0 Å². The monoisotopic (exact) mass is 398 g/mol. The summed E-state index contributed by atoms with van der Waals surface area (Å²) in [6, 6.07) is 16.3. The minimum absolute atomic E-state index is 0.488. The summed E-state index contributed by atoms with van der Waals surface area (Å²) in [7, 11) is 0. The third-order valence-corrected chi connectivity index (χ3v) is 4.49. The molecule has 0 fully saturated rings. The second-order valence-electron chi connectivity index (χ2n) is 6.31. The summed E-state index contributed by atoms with van der Waals surface area (Å²) >= 11 is 5.27. The molecule has 2 aromatic carbocycles. The Bertz CT molecular complexity index is 740. The Morgan fingerprint density at radius 2 is 1.71 bits per heavy atom. The number of hydrogen-bond donors (Lipinski definition) is 2. The van der Waals surface area contributed by atoms with Gasteiger partial charge in [0.1, 0.15) is 5.75 Å². The lowest BCUT2D eigenvalue weighted by Gasteiger charge is -2.20. The number of hydrazone groups is 1. The molecule has 2 N–H and O–H groups in total. The van der Waals surface area contributed by atoms with Crippen molar-refractivity contribution in [2.75, 3.05) is 24.6 Å². The van der Waals surface area contributed by atoms with E-state index >= 15 is 0 Å². The van der Waals surface area contributed by atoms with Crippen LogP contribution in [-0.4, -0.2) is 31.0 Å². The second-order valence-corrected chi connectivity index (χ2v) is 6.72. The van der Waals surface area contributed by atoms with Crippen LogP contribution in [0.25, 0.3) is 0 Å². The first-order chi connectivity index (χ1) is 13.7. The number of nitrogens with one attached hydrogen (secondary N) is 2. The summed E-state index contributed by atoms with van der Waals surface area (Å²) < 4.78 is 5.58. The van der Waals surface area contributed by atoms with Gasteiger partial charge in [0.25, 0.3) is 0 Å². The van der Waals surface area contributed by atoms with Crippen molar-refractivity contribution < 1.29 is 4.74 Å². The van der Waals surface area contributed by atoms with Crippen molar-refractivity contribution in [1.29, 1.82) is 0 Å². The molecule has 0 aliphatic rings. The third-order valence-electron chi connectivity index (χ3n) is 4.25. The van der Waals surface area contributed by atoms with Crippen LogP contribution in [0, 0.1) is 0 Å². The Morgan fingerprint density at radius 3 is 2.32 bits per heavy atom. The van der Waals surface area contributed by atoms with Crippen LogP contribution in [0.15, 0.2) is 53.6 Å². The summed E-state index contributed by atoms with van der Waals surface area (Å²) in [4.78, 5) is 2.31. The number of ether oxygens (including phenoxy) is 1. The molecule has 0 saturated carbocycles. The van der Waals surface area contributed by atoms with Crippen LogP contribution < -0.4 is 20.4 Å². The number of nitrogens with zero attached hydrogens (tertiary/aromatic N) is 2. The first-order valence-electron chi connectivity index (χ1n) is 9.79. The molecule has 0 saturated heterocycles. The maximum absolute atomic E-state index is 5.58. The minimum Gasteiger partial charge on any atom is -0.494 e. The van der Waals surface area contributed by atoms with Gasteiger partial charge in [0, 0.05) is 25.3 Å². The molecule has 0 atom stereocenters. The van der Waals surface area contributed by atoms with E-state index in [4.69, 9.17) is 17.0 Å². The first kappa shape index (κ1) is 21.7. The molecule has 0 heterocycles. The van der Waals surface area contributed by atoms with Gasteiger partial charge in [-0.25, -0.2) is 0 Å². The SMILES string of the molecule is CCCOc1ccc(CNC(=S)N/N=C/c2ccc(N(CC)CC)cc2)cc1. The normalized spacial score (nSPS) is 10.7. The molecular formula is C22H30N4OS. The van der Waals surface area contributed by atoms with E-state index in [2.05, 4.69) is 65.8 Å². The van der Waals surface area contributed by atoms with Gasteiger partial charge in [0.05, 0.1) is 12.8 Å². The maximum Gasteiger partial charge on any atom is 0.187 e. The van der Waals surface area contributed by atoms with E-state index in [-0.39, 0.29) is 0 Å².